The molecule has 0 saturated carbocycles. The first kappa shape index (κ1) is 17.1. The summed E-state index contributed by atoms with van der Waals surface area (Å²) in [7, 11) is -2.92. The average molecular weight is 359 g/mol. The van der Waals surface area contributed by atoms with Gasteiger partial charge in [0, 0.05) is 31.2 Å². The van der Waals surface area contributed by atoms with E-state index in [4.69, 9.17) is 0 Å². The molecular weight excluding hydrogens is 341 g/mol. The first-order valence-corrected chi connectivity index (χ1v) is 9.05. The average Bonchev–Trinajstić information content (AvgIpc) is 2.84. The highest BCUT2D eigenvalue weighted by molar-refractivity contribution is 7.89. The van der Waals surface area contributed by atoms with Gasteiger partial charge in [-0.05, 0) is 25.3 Å². The van der Waals surface area contributed by atoms with Crippen LogP contribution in [0.4, 0.5) is 10.1 Å². The fourth-order valence-corrected chi connectivity index (χ4v) is 4.85. The fourth-order valence-electron chi connectivity index (χ4n) is 3.32. The van der Waals surface area contributed by atoms with Crippen LogP contribution in [-0.4, -0.2) is 49.9 Å². The van der Waals surface area contributed by atoms with E-state index >= 15 is 0 Å². The zero-order chi connectivity index (χ0) is 17.5. The standard InChI is InChI=1S/C14H18FN3O5S/c1-23-14-12(15)6-11(7-13(14)18(19)20)24(21,22)17-5-4-9-2-3-10(8-17)16-9/h6-7,9-10,16H,2-5,8H2,1H3. The summed E-state index contributed by atoms with van der Waals surface area (Å²) in [6.45, 7) is 0.582. The van der Waals surface area contributed by atoms with Crippen molar-refractivity contribution < 1.29 is 22.5 Å². The number of sulfonamides is 1. The number of hydrogen-bond donors (Lipinski definition) is 1. The Hall–Kier alpha value is -1.78. The molecule has 2 saturated heterocycles. The van der Waals surface area contributed by atoms with Crippen LogP contribution < -0.4 is 10.1 Å². The number of fused-ring (bicyclic) bond motifs is 2. The highest BCUT2D eigenvalue weighted by Crippen LogP contribution is 2.34. The molecule has 2 aliphatic rings. The lowest BCUT2D eigenvalue weighted by Gasteiger charge is -2.23. The van der Waals surface area contributed by atoms with Crippen molar-refractivity contribution in [2.45, 2.75) is 36.2 Å². The number of nitro benzene ring substituents is 1. The van der Waals surface area contributed by atoms with E-state index in [1.165, 1.54) is 4.31 Å². The number of nitrogens with one attached hydrogen (secondary N) is 1. The molecule has 132 valence electrons. The summed E-state index contributed by atoms with van der Waals surface area (Å²) < 4.78 is 45.6. The monoisotopic (exact) mass is 359 g/mol. The van der Waals surface area contributed by atoms with Crippen LogP contribution in [0, 0.1) is 15.9 Å². The van der Waals surface area contributed by atoms with Gasteiger partial charge in [-0.15, -0.1) is 0 Å². The van der Waals surface area contributed by atoms with Crippen LogP contribution in [0.15, 0.2) is 17.0 Å². The second kappa shape index (κ2) is 6.26. The van der Waals surface area contributed by atoms with Gasteiger partial charge in [-0.2, -0.15) is 4.31 Å². The number of nitro groups is 1. The number of methoxy groups -OCH3 is 1. The molecule has 2 heterocycles. The minimum Gasteiger partial charge on any atom is -0.488 e. The van der Waals surface area contributed by atoms with Crippen LogP contribution in [0.1, 0.15) is 19.3 Å². The van der Waals surface area contributed by atoms with E-state index in [-0.39, 0.29) is 18.6 Å². The number of halogens is 1. The second-order valence-corrected chi connectivity index (χ2v) is 7.94. The second-order valence-electron chi connectivity index (χ2n) is 6.00. The summed E-state index contributed by atoms with van der Waals surface area (Å²) in [6.07, 6.45) is 2.56. The fraction of sp³-hybridized carbons (Fsp3) is 0.571. The lowest BCUT2D eigenvalue weighted by atomic mass is 10.1. The van der Waals surface area contributed by atoms with E-state index in [1.807, 2.05) is 0 Å². The Kier molecular flexibility index (Phi) is 4.45. The largest absolute Gasteiger partial charge is 0.488 e. The molecule has 1 aromatic rings. The first-order chi connectivity index (χ1) is 11.3. The van der Waals surface area contributed by atoms with Crippen LogP contribution in [0.2, 0.25) is 0 Å². The maximum absolute atomic E-state index is 14.1. The smallest absolute Gasteiger partial charge is 0.315 e. The van der Waals surface area contributed by atoms with E-state index in [0.717, 1.165) is 32.1 Å². The quantitative estimate of drug-likeness (QED) is 0.641. The Morgan fingerprint density at radius 2 is 2.04 bits per heavy atom. The van der Waals surface area contributed by atoms with Crippen molar-refractivity contribution in [3.63, 3.8) is 0 Å². The Morgan fingerprint density at radius 1 is 1.33 bits per heavy atom. The van der Waals surface area contributed by atoms with Crippen molar-refractivity contribution in [3.8, 4) is 5.75 Å². The Bertz CT molecular complexity index is 770. The molecule has 1 aromatic carbocycles. The van der Waals surface area contributed by atoms with Gasteiger partial charge in [-0.25, -0.2) is 12.8 Å². The molecule has 2 aliphatic heterocycles. The Morgan fingerprint density at radius 3 is 2.71 bits per heavy atom. The van der Waals surface area contributed by atoms with Crippen molar-refractivity contribution in [1.82, 2.24) is 9.62 Å². The molecule has 2 unspecified atom stereocenters. The molecule has 2 bridgehead atoms. The summed E-state index contributed by atoms with van der Waals surface area (Å²) in [4.78, 5) is 9.81. The van der Waals surface area contributed by atoms with Gasteiger partial charge in [0.25, 0.3) is 0 Å². The molecule has 0 spiro atoms. The minimum atomic E-state index is -4.02. The summed E-state index contributed by atoms with van der Waals surface area (Å²) in [5, 5.41) is 14.4. The number of rotatable bonds is 4. The van der Waals surface area contributed by atoms with Crippen LogP contribution in [0.5, 0.6) is 5.75 Å². The number of hydrogen-bond acceptors (Lipinski definition) is 6. The predicted molar refractivity (Wildman–Crippen MR) is 82.9 cm³/mol. The van der Waals surface area contributed by atoms with E-state index in [9.17, 15) is 22.9 Å². The lowest BCUT2D eigenvalue weighted by molar-refractivity contribution is -0.386. The molecule has 8 nitrogen and oxygen atoms in total. The third-order valence-electron chi connectivity index (χ3n) is 4.52. The molecule has 0 amide bonds. The van der Waals surface area contributed by atoms with Crippen molar-refractivity contribution >= 4 is 15.7 Å². The maximum Gasteiger partial charge on any atom is 0.315 e. The SMILES string of the molecule is COc1c(F)cc(S(=O)(=O)N2CCC3CCC(C2)N3)cc1[N+](=O)[O-]. The maximum atomic E-state index is 14.1. The van der Waals surface area contributed by atoms with Crippen molar-refractivity contribution in [1.29, 1.82) is 0 Å². The zero-order valence-corrected chi connectivity index (χ0v) is 13.9. The minimum absolute atomic E-state index is 0.0605. The molecular formula is C14H18FN3O5S. The normalized spacial score (nSPS) is 24.6. The Balaban J connectivity index is 1.99. The molecule has 0 aliphatic carbocycles. The molecule has 1 N–H and O–H groups in total. The van der Waals surface area contributed by atoms with Gasteiger partial charge < -0.3 is 10.1 Å². The van der Waals surface area contributed by atoms with Crippen molar-refractivity contribution in [2.75, 3.05) is 20.2 Å². The van der Waals surface area contributed by atoms with Crippen LogP contribution in [0.25, 0.3) is 0 Å². The topological polar surface area (TPSA) is 102 Å². The molecule has 2 atom stereocenters. The van der Waals surface area contributed by atoms with Crippen LogP contribution >= 0.6 is 0 Å². The van der Waals surface area contributed by atoms with Crippen molar-refractivity contribution in [2.24, 2.45) is 0 Å². The molecule has 0 radical (unpaired) electrons. The van der Waals surface area contributed by atoms with Gasteiger partial charge in [0.2, 0.25) is 15.8 Å². The predicted octanol–water partition coefficient (Wildman–Crippen LogP) is 1.26. The summed E-state index contributed by atoms with van der Waals surface area (Å²) in [5.41, 5.74) is -0.703. The third kappa shape index (κ3) is 2.96. The van der Waals surface area contributed by atoms with E-state index in [2.05, 4.69) is 10.1 Å². The van der Waals surface area contributed by atoms with Gasteiger partial charge in [0.1, 0.15) is 0 Å². The van der Waals surface area contributed by atoms with Gasteiger partial charge in [-0.3, -0.25) is 10.1 Å². The highest BCUT2D eigenvalue weighted by atomic mass is 32.2. The molecule has 0 aromatic heterocycles. The van der Waals surface area contributed by atoms with Gasteiger partial charge >= 0.3 is 5.69 Å². The summed E-state index contributed by atoms with van der Waals surface area (Å²) in [5.74, 6) is -1.64. The molecule has 24 heavy (non-hydrogen) atoms. The number of nitrogens with zero attached hydrogens (tertiary/aromatic N) is 2. The lowest BCUT2D eigenvalue weighted by Crippen LogP contribution is -2.39. The number of ether oxygens (including phenoxy) is 1. The van der Waals surface area contributed by atoms with Gasteiger partial charge in [-0.1, -0.05) is 0 Å². The first-order valence-electron chi connectivity index (χ1n) is 7.61. The van der Waals surface area contributed by atoms with Crippen LogP contribution in [-0.2, 0) is 10.0 Å². The molecule has 3 rings (SSSR count). The molecule has 10 heteroatoms. The molecule has 2 fully saturated rings. The van der Waals surface area contributed by atoms with Crippen LogP contribution in [0.3, 0.4) is 0 Å². The summed E-state index contributed by atoms with van der Waals surface area (Å²) >= 11 is 0. The Labute approximate surface area is 138 Å². The highest BCUT2D eigenvalue weighted by Gasteiger charge is 2.36. The third-order valence-corrected chi connectivity index (χ3v) is 6.36. The zero-order valence-electron chi connectivity index (χ0n) is 13.1. The van der Waals surface area contributed by atoms with Gasteiger partial charge in [0.15, 0.2) is 5.82 Å². The van der Waals surface area contributed by atoms with Crippen molar-refractivity contribution in [3.05, 3.63) is 28.1 Å². The van der Waals surface area contributed by atoms with E-state index in [1.54, 1.807) is 0 Å². The summed E-state index contributed by atoms with van der Waals surface area (Å²) in [6, 6.07) is 1.98. The van der Waals surface area contributed by atoms with E-state index < -0.39 is 37.1 Å². The van der Waals surface area contributed by atoms with Gasteiger partial charge in [0.05, 0.1) is 16.9 Å². The number of benzene rings is 1. The van der Waals surface area contributed by atoms with E-state index in [0.29, 0.717) is 13.0 Å².